The fraction of sp³-hybridized carbons (Fsp3) is 0.520. The summed E-state index contributed by atoms with van der Waals surface area (Å²) in [5, 5.41) is 2.47. The van der Waals surface area contributed by atoms with Crippen LogP contribution in [0.1, 0.15) is 39.2 Å². The Morgan fingerprint density at radius 3 is 2.66 bits per heavy atom. The van der Waals surface area contributed by atoms with Crippen LogP contribution in [0.25, 0.3) is 10.2 Å². The normalized spacial score (nSPS) is 17.3. The number of amides is 1. The number of thiazole rings is 1. The van der Waals surface area contributed by atoms with Gasteiger partial charge in [0.15, 0.2) is 5.13 Å². The number of likely N-dealkylation sites (N-methyl/N-ethyl adjacent to an activating group) is 1. The van der Waals surface area contributed by atoms with E-state index in [0.717, 1.165) is 36.3 Å². The number of thiophene rings is 1. The molecule has 2 aromatic heterocycles. The van der Waals surface area contributed by atoms with Gasteiger partial charge in [0.1, 0.15) is 4.21 Å². The number of fused-ring (bicyclic) bond motifs is 1. The van der Waals surface area contributed by atoms with E-state index in [1.807, 2.05) is 6.07 Å². The van der Waals surface area contributed by atoms with Gasteiger partial charge in [0.2, 0.25) is 5.91 Å². The number of nitrogens with zero attached hydrogens (tertiary/aromatic N) is 4. The first kappa shape index (κ1) is 26.2. The summed E-state index contributed by atoms with van der Waals surface area (Å²) < 4.78 is 29.1. The third-order valence-electron chi connectivity index (χ3n) is 6.70. The van der Waals surface area contributed by atoms with E-state index in [9.17, 15) is 13.2 Å². The molecule has 190 valence electrons. The van der Waals surface area contributed by atoms with Crippen molar-refractivity contribution in [3.63, 3.8) is 0 Å². The number of hydrogen-bond donors (Lipinski definition) is 0. The van der Waals surface area contributed by atoms with Gasteiger partial charge in [0, 0.05) is 26.2 Å². The number of rotatable bonds is 10. The Balaban J connectivity index is 1.60. The third-order valence-corrected chi connectivity index (χ3v) is 11.0. The highest BCUT2D eigenvalue weighted by Crippen LogP contribution is 2.33. The van der Waals surface area contributed by atoms with Crippen LogP contribution in [-0.2, 0) is 21.2 Å². The molecule has 1 aliphatic heterocycles. The smallest absolute Gasteiger partial charge is 0.252 e. The van der Waals surface area contributed by atoms with Crippen LogP contribution in [-0.4, -0.2) is 67.8 Å². The van der Waals surface area contributed by atoms with E-state index in [0.29, 0.717) is 35.3 Å². The molecule has 1 unspecified atom stereocenters. The minimum absolute atomic E-state index is 0.0296. The van der Waals surface area contributed by atoms with Crippen molar-refractivity contribution >= 4 is 54.0 Å². The lowest BCUT2D eigenvalue weighted by molar-refractivity contribution is -0.123. The van der Waals surface area contributed by atoms with Gasteiger partial charge in [-0.15, -0.1) is 11.3 Å². The van der Waals surface area contributed by atoms with Crippen molar-refractivity contribution in [2.24, 2.45) is 5.92 Å². The van der Waals surface area contributed by atoms with Gasteiger partial charge < -0.3 is 4.90 Å². The highest BCUT2D eigenvalue weighted by Gasteiger charge is 2.36. The predicted molar refractivity (Wildman–Crippen MR) is 145 cm³/mol. The number of hydrogen-bond acceptors (Lipinski definition) is 7. The zero-order valence-corrected chi connectivity index (χ0v) is 23.1. The summed E-state index contributed by atoms with van der Waals surface area (Å²) in [6, 6.07) is 9.64. The van der Waals surface area contributed by atoms with Gasteiger partial charge in [0.05, 0.1) is 16.1 Å². The quantitative estimate of drug-likeness (QED) is 0.377. The summed E-state index contributed by atoms with van der Waals surface area (Å²) in [6.07, 6.45) is 2.30. The molecular weight excluding hydrogens is 501 g/mol. The zero-order valence-electron chi connectivity index (χ0n) is 20.6. The summed E-state index contributed by atoms with van der Waals surface area (Å²) in [5.74, 6) is -0.411. The number of benzene rings is 1. The number of aromatic nitrogens is 1. The third kappa shape index (κ3) is 5.77. The molecule has 0 saturated carbocycles. The summed E-state index contributed by atoms with van der Waals surface area (Å²) >= 11 is 2.76. The first-order valence-corrected chi connectivity index (χ1v) is 15.5. The minimum Gasteiger partial charge on any atom is -0.302 e. The standard InChI is InChI=1S/C25H34N4O3S3/c1-4-19-11-12-21-22(17-19)34-25(26-21)29(15-14-27(5-2)6-3)24(30)20-9-7-13-28(18-20)35(31,32)23-10-8-16-33-23/h8,10-12,16-17,20H,4-7,9,13-15,18H2,1-3H3. The molecule has 0 spiro atoms. The first-order chi connectivity index (χ1) is 16.9. The monoisotopic (exact) mass is 534 g/mol. The zero-order chi connectivity index (χ0) is 25.0. The average molecular weight is 535 g/mol. The highest BCUT2D eigenvalue weighted by molar-refractivity contribution is 7.91. The topological polar surface area (TPSA) is 73.8 Å². The van der Waals surface area contributed by atoms with Crippen molar-refractivity contribution in [2.75, 3.05) is 44.2 Å². The molecule has 3 heterocycles. The van der Waals surface area contributed by atoms with Crippen LogP contribution >= 0.6 is 22.7 Å². The van der Waals surface area contributed by atoms with Gasteiger partial charge in [-0.3, -0.25) is 9.69 Å². The number of carbonyl (C=O) groups is 1. The summed E-state index contributed by atoms with van der Waals surface area (Å²) in [4.78, 5) is 22.8. The molecule has 1 saturated heterocycles. The van der Waals surface area contributed by atoms with Crippen LogP contribution in [0, 0.1) is 5.92 Å². The Hall–Kier alpha value is -1.85. The Bertz CT molecular complexity index is 1240. The van der Waals surface area contributed by atoms with E-state index < -0.39 is 10.0 Å². The number of aryl methyl sites for hydroxylation is 1. The molecule has 1 fully saturated rings. The first-order valence-electron chi connectivity index (χ1n) is 12.3. The molecule has 7 nitrogen and oxygen atoms in total. The van der Waals surface area contributed by atoms with E-state index in [-0.39, 0.29) is 18.4 Å². The van der Waals surface area contributed by atoms with Crippen molar-refractivity contribution in [1.82, 2.24) is 14.2 Å². The number of carbonyl (C=O) groups excluding carboxylic acids is 1. The molecule has 0 aliphatic carbocycles. The van der Waals surface area contributed by atoms with E-state index in [1.165, 1.54) is 21.2 Å². The number of sulfonamides is 1. The van der Waals surface area contributed by atoms with E-state index >= 15 is 0 Å². The Kier molecular flexibility index (Phi) is 8.59. The minimum atomic E-state index is -3.58. The lowest BCUT2D eigenvalue weighted by atomic mass is 9.98. The van der Waals surface area contributed by atoms with E-state index in [4.69, 9.17) is 4.98 Å². The maximum Gasteiger partial charge on any atom is 0.252 e. The maximum absolute atomic E-state index is 13.9. The lowest BCUT2D eigenvalue weighted by Gasteiger charge is -2.34. The molecule has 0 radical (unpaired) electrons. The largest absolute Gasteiger partial charge is 0.302 e. The maximum atomic E-state index is 13.9. The van der Waals surface area contributed by atoms with Gasteiger partial charge in [-0.1, -0.05) is 44.2 Å². The highest BCUT2D eigenvalue weighted by atomic mass is 32.2. The second-order valence-electron chi connectivity index (χ2n) is 8.80. The van der Waals surface area contributed by atoms with Crippen LogP contribution in [0.2, 0.25) is 0 Å². The lowest BCUT2D eigenvalue weighted by Crippen LogP contribution is -2.48. The predicted octanol–water partition coefficient (Wildman–Crippen LogP) is 4.70. The number of piperidine rings is 1. The van der Waals surface area contributed by atoms with Crippen molar-refractivity contribution in [3.8, 4) is 0 Å². The summed E-state index contributed by atoms with van der Waals surface area (Å²) in [5.41, 5.74) is 2.14. The SMILES string of the molecule is CCc1ccc2nc(N(CCN(CC)CC)C(=O)C3CCCN(S(=O)(=O)c4cccs4)C3)sc2c1. The van der Waals surface area contributed by atoms with E-state index in [1.54, 1.807) is 33.7 Å². The average Bonchev–Trinajstić information content (AvgIpc) is 3.57. The number of anilines is 1. The van der Waals surface area contributed by atoms with Crippen LogP contribution in [0.5, 0.6) is 0 Å². The van der Waals surface area contributed by atoms with Crippen molar-refractivity contribution in [3.05, 3.63) is 41.3 Å². The molecule has 3 aromatic rings. The van der Waals surface area contributed by atoms with Crippen molar-refractivity contribution in [1.29, 1.82) is 0 Å². The van der Waals surface area contributed by atoms with Crippen molar-refractivity contribution in [2.45, 2.75) is 44.2 Å². The molecule has 1 aromatic carbocycles. The molecule has 10 heteroatoms. The molecule has 0 N–H and O–H groups in total. The Labute approximate surface area is 216 Å². The molecular formula is C25H34N4O3S3. The molecule has 1 aliphatic rings. The fourth-order valence-electron chi connectivity index (χ4n) is 4.49. The van der Waals surface area contributed by atoms with Gasteiger partial charge in [0.25, 0.3) is 10.0 Å². The molecule has 4 rings (SSSR count). The van der Waals surface area contributed by atoms with E-state index in [2.05, 4.69) is 37.8 Å². The van der Waals surface area contributed by atoms with Crippen LogP contribution in [0.15, 0.2) is 39.9 Å². The van der Waals surface area contributed by atoms with Gasteiger partial charge in [-0.25, -0.2) is 13.4 Å². The van der Waals surface area contributed by atoms with Crippen LogP contribution in [0.3, 0.4) is 0 Å². The van der Waals surface area contributed by atoms with Crippen LogP contribution < -0.4 is 4.90 Å². The van der Waals surface area contributed by atoms with Gasteiger partial charge in [-0.2, -0.15) is 4.31 Å². The van der Waals surface area contributed by atoms with Gasteiger partial charge in [-0.05, 0) is 61.5 Å². The van der Waals surface area contributed by atoms with Gasteiger partial charge >= 0.3 is 0 Å². The molecule has 1 amide bonds. The second-order valence-corrected chi connectivity index (χ2v) is 12.9. The molecule has 35 heavy (non-hydrogen) atoms. The fourth-order valence-corrected chi connectivity index (χ4v) is 8.22. The summed E-state index contributed by atoms with van der Waals surface area (Å²) in [6.45, 7) is 10.1. The molecule has 0 bridgehead atoms. The van der Waals surface area contributed by atoms with Crippen LogP contribution in [0.4, 0.5) is 5.13 Å². The summed E-state index contributed by atoms with van der Waals surface area (Å²) in [7, 11) is -3.58. The second kappa shape index (κ2) is 11.5. The van der Waals surface area contributed by atoms with Crippen molar-refractivity contribution < 1.29 is 13.2 Å². The molecule has 1 atom stereocenters. The Morgan fingerprint density at radius 1 is 1.17 bits per heavy atom. The Morgan fingerprint density at radius 2 is 1.97 bits per heavy atom.